The van der Waals surface area contributed by atoms with Crippen LogP contribution in [0.15, 0.2) is 12.1 Å². The van der Waals surface area contributed by atoms with Gasteiger partial charge in [-0.1, -0.05) is 6.92 Å². The molecule has 0 aromatic carbocycles. The van der Waals surface area contributed by atoms with Gasteiger partial charge in [0.1, 0.15) is 5.82 Å². The predicted molar refractivity (Wildman–Crippen MR) is 72.8 cm³/mol. The molecule has 2 heterocycles. The van der Waals surface area contributed by atoms with Gasteiger partial charge in [0.2, 0.25) is 0 Å². The molecule has 0 unspecified atom stereocenters. The summed E-state index contributed by atoms with van der Waals surface area (Å²) in [6.45, 7) is 5.90. The van der Waals surface area contributed by atoms with Crippen molar-refractivity contribution >= 4 is 11.7 Å². The molecule has 98 valence electrons. The van der Waals surface area contributed by atoms with Crippen molar-refractivity contribution in [3.8, 4) is 0 Å². The van der Waals surface area contributed by atoms with Crippen LogP contribution in [0.25, 0.3) is 0 Å². The average Bonchev–Trinajstić information content (AvgIpc) is 2.38. The number of amides is 1. The van der Waals surface area contributed by atoms with Crippen LogP contribution in [0.2, 0.25) is 0 Å². The van der Waals surface area contributed by atoms with Gasteiger partial charge in [-0.3, -0.25) is 4.79 Å². The van der Waals surface area contributed by atoms with Crippen LogP contribution in [-0.2, 0) is 0 Å². The average molecular weight is 247 g/mol. The number of carbonyl (C=O) groups excluding carboxylic acids is 1. The van der Waals surface area contributed by atoms with Crippen molar-refractivity contribution < 1.29 is 4.79 Å². The van der Waals surface area contributed by atoms with Crippen LogP contribution >= 0.6 is 0 Å². The van der Waals surface area contributed by atoms with E-state index >= 15 is 0 Å². The first-order valence-corrected chi connectivity index (χ1v) is 6.56. The molecule has 1 N–H and O–H groups in total. The van der Waals surface area contributed by atoms with E-state index in [0.29, 0.717) is 0 Å². The van der Waals surface area contributed by atoms with Gasteiger partial charge in [0.15, 0.2) is 0 Å². The summed E-state index contributed by atoms with van der Waals surface area (Å²) < 4.78 is 0. The van der Waals surface area contributed by atoms with Crippen molar-refractivity contribution in [3.63, 3.8) is 0 Å². The van der Waals surface area contributed by atoms with E-state index in [4.69, 9.17) is 0 Å². The lowest BCUT2D eigenvalue weighted by atomic mass is 9.98. The first kappa shape index (κ1) is 12.9. The topological polar surface area (TPSA) is 45.2 Å². The van der Waals surface area contributed by atoms with Crippen LogP contribution in [0.4, 0.5) is 5.82 Å². The van der Waals surface area contributed by atoms with Crippen LogP contribution in [0, 0.1) is 12.8 Å². The van der Waals surface area contributed by atoms with Crippen LogP contribution in [0.1, 0.15) is 35.8 Å². The van der Waals surface area contributed by atoms with E-state index in [1.807, 2.05) is 31.0 Å². The number of piperidine rings is 1. The Morgan fingerprint density at radius 1 is 1.39 bits per heavy atom. The summed E-state index contributed by atoms with van der Waals surface area (Å²) in [5.41, 5.74) is 1.61. The number of hydrogen-bond donors (Lipinski definition) is 1. The van der Waals surface area contributed by atoms with Gasteiger partial charge in [-0.15, -0.1) is 0 Å². The van der Waals surface area contributed by atoms with E-state index in [9.17, 15) is 4.79 Å². The quantitative estimate of drug-likeness (QED) is 0.872. The number of hydrogen-bond acceptors (Lipinski definition) is 3. The second kappa shape index (κ2) is 5.38. The van der Waals surface area contributed by atoms with Crippen LogP contribution < -0.4 is 5.32 Å². The van der Waals surface area contributed by atoms with Crippen molar-refractivity contribution in [3.05, 3.63) is 23.4 Å². The molecule has 1 fully saturated rings. The number of likely N-dealkylation sites (tertiary alicyclic amines) is 1. The summed E-state index contributed by atoms with van der Waals surface area (Å²) >= 11 is 0. The molecule has 0 radical (unpaired) electrons. The van der Waals surface area contributed by atoms with E-state index in [0.717, 1.165) is 48.9 Å². The number of carbonyl (C=O) groups is 1. The maximum Gasteiger partial charge on any atom is 0.254 e. The van der Waals surface area contributed by atoms with Gasteiger partial charge >= 0.3 is 0 Å². The van der Waals surface area contributed by atoms with Crippen molar-refractivity contribution in [2.75, 3.05) is 25.5 Å². The fourth-order valence-corrected chi connectivity index (χ4v) is 2.31. The lowest BCUT2D eigenvalue weighted by Crippen LogP contribution is -2.38. The molecule has 18 heavy (non-hydrogen) atoms. The fourth-order valence-electron chi connectivity index (χ4n) is 2.31. The Bertz CT molecular complexity index is 437. The first-order chi connectivity index (χ1) is 8.60. The number of anilines is 1. The van der Waals surface area contributed by atoms with Crippen LogP contribution in [0.5, 0.6) is 0 Å². The number of nitrogens with zero attached hydrogens (tertiary/aromatic N) is 2. The largest absolute Gasteiger partial charge is 0.373 e. The third kappa shape index (κ3) is 2.81. The van der Waals surface area contributed by atoms with Crippen molar-refractivity contribution in [2.45, 2.75) is 26.7 Å². The van der Waals surface area contributed by atoms with Gasteiger partial charge in [0.25, 0.3) is 5.91 Å². The normalized spacial score (nSPS) is 16.7. The molecule has 0 aliphatic carbocycles. The fraction of sp³-hybridized carbons (Fsp3) is 0.571. The molecule has 1 saturated heterocycles. The minimum atomic E-state index is 0.129. The van der Waals surface area contributed by atoms with Crippen LogP contribution in [-0.4, -0.2) is 35.9 Å². The monoisotopic (exact) mass is 247 g/mol. The summed E-state index contributed by atoms with van der Waals surface area (Å²) in [5, 5.41) is 2.99. The molecule has 1 amide bonds. The molecule has 0 bridgehead atoms. The number of rotatable bonds is 2. The highest BCUT2D eigenvalue weighted by Crippen LogP contribution is 2.19. The first-order valence-electron chi connectivity index (χ1n) is 6.56. The van der Waals surface area contributed by atoms with Gasteiger partial charge in [-0.2, -0.15) is 0 Å². The minimum Gasteiger partial charge on any atom is -0.373 e. The Labute approximate surface area is 108 Å². The number of pyridine rings is 1. The zero-order valence-electron chi connectivity index (χ0n) is 11.4. The molecule has 2 rings (SSSR count). The zero-order chi connectivity index (χ0) is 13.1. The van der Waals surface area contributed by atoms with Gasteiger partial charge in [0.05, 0.1) is 0 Å². The Kier molecular flexibility index (Phi) is 3.84. The molecule has 0 atom stereocenters. The molecule has 1 aromatic heterocycles. The summed E-state index contributed by atoms with van der Waals surface area (Å²) in [5.74, 6) is 1.62. The van der Waals surface area contributed by atoms with Gasteiger partial charge in [-0.05, 0) is 37.8 Å². The minimum absolute atomic E-state index is 0.129. The lowest BCUT2D eigenvalue weighted by Gasteiger charge is -2.30. The van der Waals surface area contributed by atoms with Gasteiger partial charge in [-0.25, -0.2) is 4.98 Å². The second-order valence-electron chi connectivity index (χ2n) is 5.11. The third-order valence-corrected chi connectivity index (χ3v) is 3.53. The standard InChI is InChI=1S/C14H21N3O/c1-10-4-6-17(7-5-10)14(18)12-8-11(2)16-13(9-12)15-3/h8-10H,4-7H2,1-3H3,(H,15,16). The second-order valence-corrected chi connectivity index (χ2v) is 5.11. The highest BCUT2D eigenvalue weighted by atomic mass is 16.2. The predicted octanol–water partition coefficient (Wildman–Crippen LogP) is 2.30. The van der Waals surface area contributed by atoms with Crippen LogP contribution in [0.3, 0.4) is 0 Å². The number of aromatic nitrogens is 1. The Morgan fingerprint density at radius 3 is 2.67 bits per heavy atom. The van der Waals surface area contributed by atoms with E-state index in [1.54, 1.807) is 0 Å². The molecule has 4 nitrogen and oxygen atoms in total. The summed E-state index contributed by atoms with van der Waals surface area (Å²) in [6.07, 6.45) is 2.21. The summed E-state index contributed by atoms with van der Waals surface area (Å²) in [7, 11) is 1.82. The smallest absolute Gasteiger partial charge is 0.254 e. The molecule has 4 heteroatoms. The third-order valence-electron chi connectivity index (χ3n) is 3.53. The highest BCUT2D eigenvalue weighted by Gasteiger charge is 2.21. The molecule has 1 aliphatic heterocycles. The number of aryl methyl sites for hydroxylation is 1. The van der Waals surface area contributed by atoms with E-state index in [-0.39, 0.29) is 5.91 Å². The van der Waals surface area contributed by atoms with E-state index in [2.05, 4.69) is 17.2 Å². The SMILES string of the molecule is CNc1cc(C(=O)N2CCC(C)CC2)cc(C)n1. The molecular formula is C14H21N3O. The van der Waals surface area contributed by atoms with E-state index < -0.39 is 0 Å². The maximum absolute atomic E-state index is 12.4. The van der Waals surface area contributed by atoms with Gasteiger partial charge in [0, 0.05) is 31.4 Å². The summed E-state index contributed by atoms with van der Waals surface area (Å²) in [6, 6.07) is 3.69. The molecule has 1 aliphatic rings. The molecule has 1 aromatic rings. The van der Waals surface area contributed by atoms with Crippen molar-refractivity contribution in [2.24, 2.45) is 5.92 Å². The molecule has 0 saturated carbocycles. The van der Waals surface area contributed by atoms with Gasteiger partial charge < -0.3 is 10.2 Å². The Hall–Kier alpha value is -1.58. The molecule has 0 spiro atoms. The number of nitrogens with one attached hydrogen (secondary N) is 1. The lowest BCUT2D eigenvalue weighted by molar-refractivity contribution is 0.0697. The Morgan fingerprint density at radius 2 is 2.06 bits per heavy atom. The zero-order valence-corrected chi connectivity index (χ0v) is 11.4. The highest BCUT2D eigenvalue weighted by molar-refractivity contribution is 5.95. The maximum atomic E-state index is 12.4. The van der Waals surface area contributed by atoms with E-state index in [1.165, 1.54) is 0 Å². The molecular weight excluding hydrogens is 226 g/mol. The Balaban J connectivity index is 2.15. The van der Waals surface area contributed by atoms with Crippen molar-refractivity contribution in [1.29, 1.82) is 0 Å². The summed E-state index contributed by atoms with van der Waals surface area (Å²) in [4.78, 5) is 18.7. The van der Waals surface area contributed by atoms with Crippen molar-refractivity contribution in [1.82, 2.24) is 9.88 Å².